The predicted octanol–water partition coefficient (Wildman–Crippen LogP) is 0.717. The van der Waals surface area contributed by atoms with Gasteiger partial charge in [-0.05, 0) is 24.3 Å². The summed E-state index contributed by atoms with van der Waals surface area (Å²) in [5, 5.41) is 8.58. The number of hydrazine groups is 1. The van der Waals surface area contributed by atoms with Crippen LogP contribution in [0, 0.1) is 5.41 Å². The number of nitrogens with two attached hydrogens (primary N) is 1. The molecule has 0 spiro atoms. The molecule has 0 aliphatic heterocycles. The Bertz CT molecular complexity index is 929. The minimum absolute atomic E-state index is 0.253. The summed E-state index contributed by atoms with van der Waals surface area (Å²) in [5.41, 5.74) is 1.13. The maximum Gasteiger partial charge on any atom is 0.420 e. The monoisotopic (exact) mass is 311 g/mol. The molecule has 0 aliphatic rings. The van der Waals surface area contributed by atoms with E-state index < -0.39 is 11.7 Å². The molecule has 8 heteroatoms. The van der Waals surface area contributed by atoms with Gasteiger partial charge in [0.25, 0.3) is 5.91 Å². The number of oxazole rings is 1. The minimum atomic E-state index is -0.655. The second-order valence-corrected chi connectivity index (χ2v) is 4.75. The zero-order valence-electron chi connectivity index (χ0n) is 12.0. The molecule has 0 bridgehead atoms. The molecule has 0 saturated heterocycles. The highest BCUT2D eigenvalue weighted by Crippen LogP contribution is 2.11. The van der Waals surface area contributed by atoms with Crippen LogP contribution in [0.1, 0.15) is 5.69 Å². The van der Waals surface area contributed by atoms with Crippen LogP contribution in [0.25, 0.3) is 11.1 Å². The van der Waals surface area contributed by atoms with Gasteiger partial charge in [0.2, 0.25) is 0 Å². The van der Waals surface area contributed by atoms with Crippen LogP contribution in [0.5, 0.6) is 0 Å². The van der Waals surface area contributed by atoms with Crippen molar-refractivity contribution >= 4 is 22.8 Å². The molecule has 8 nitrogen and oxygen atoms in total. The lowest BCUT2D eigenvalue weighted by molar-refractivity contribution is -0.128. The van der Waals surface area contributed by atoms with Gasteiger partial charge in [-0.3, -0.25) is 19.8 Å². The van der Waals surface area contributed by atoms with E-state index in [2.05, 4.69) is 4.98 Å². The van der Waals surface area contributed by atoms with E-state index in [1.807, 2.05) is 0 Å². The van der Waals surface area contributed by atoms with Gasteiger partial charge in [-0.1, -0.05) is 18.2 Å². The normalized spacial score (nSPS) is 10.7. The third-order valence-corrected chi connectivity index (χ3v) is 3.28. The number of nitrogens with one attached hydrogen (secondary N) is 1. The Morgan fingerprint density at radius 2 is 2.00 bits per heavy atom. The van der Waals surface area contributed by atoms with E-state index >= 15 is 0 Å². The predicted molar refractivity (Wildman–Crippen MR) is 82.6 cm³/mol. The number of carbonyl (C=O) groups is 1. The van der Waals surface area contributed by atoms with E-state index in [-0.39, 0.29) is 18.1 Å². The number of fused-ring (bicyclic) bond motifs is 1. The fraction of sp³-hybridized carbons (Fsp3) is 0.0667. The highest BCUT2D eigenvalue weighted by Gasteiger charge is 2.20. The maximum absolute atomic E-state index is 12.3. The Hall–Kier alpha value is -3.26. The summed E-state index contributed by atoms with van der Waals surface area (Å²) in [6, 6.07) is 11.7. The number of amides is 1. The Balaban J connectivity index is 1.85. The number of para-hydroxylation sites is 2. The summed E-state index contributed by atoms with van der Waals surface area (Å²) >= 11 is 0. The SMILES string of the molecule is N=C(c1ccccn1)N(N)C(=O)Cn1c(=O)oc2ccccc21. The number of pyridine rings is 1. The first-order valence-corrected chi connectivity index (χ1v) is 6.74. The molecule has 0 radical (unpaired) electrons. The van der Waals surface area contributed by atoms with Crippen molar-refractivity contribution in [2.24, 2.45) is 5.84 Å². The molecule has 3 aromatic rings. The molecule has 0 fully saturated rings. The van der Waals surface area contributed by atoms with Crippen LogP contribution in [-0.2, 0) is 11.3 Å². The summed E-state index contributed by atoms with van der Waals surface area (Å²) in [6.07, 6.45) is 1.50. The van der Waals surface area contributed by atoms with Crippen molar-refractivity contribution in [2.75, 3.05) is 0 Å². The molecule has 0 aliphatic carbocycles. The first-order chi connectivity index (χ1) is 11.1. The second-order valence-electron chi connectivity index (χ2n) is 4.75. The van der Waals surface area contributed by atoms with Crippen molar-refractivity contribution in [1.82, 2.24) is 14.6 Å². The fourth-order valence-electron chi connectivity index (χ4n) is 2.13. The highest BCUT2D eigenvalue weighted by molar-refractivity contribution is 6.04. The molecule has 0 atom stereocenters. The van der Waals surface area contributed by atoms with Crippen molar-refractivity contribution in [3.63, 3.8) is 0 Å². The molecular formula is C15H13N5O3. The molecule has 1 amide bonds. The fourth-order valence-corrected chi connectivity index (χ4v) is 2.13. The van der Waals surface area contributed by atoms with E-state index in [0.717, 1.165) is 0 Å². The van der Waals surface area contributed by atoms with Gasteiger partial charge in [0.1, 0.15) is 12.2 Å². The van der Waals surface area contributed by atoms with Crippen LogP contribution in [0.3, 0.4) is 0 Å². The summed E-state index contributed by atoms with van der Waals surface area (Å²) < 4.78 is 6.22. The van der Waals surface area contributed by atoms with Crippen molar-refractivity contribution in [2.45, 2.75) is 6.54 Å². The molecule has 3 N–H and O–H groups in total. The van der Waals surface area contributed by atoms with Crippen LogP contribution >= 0.6 is 0 Å². The van der Waals surface area contributed by atoms with Gasteiger partial charge in [-0.15, -0.1) is 0 Å². The zero-order chi connectivity index (χ0) is 16.4. The van der Waals surface area contributed by atoms with Crippen LogP contribution in [-0.4, -0.2) is 26.3 Å². The van der Waals surface area contributed by atoms with Crippen molar-refractivity contribution in [3.8, 4) is 0 Å². The quantitative estimate of drug-likeness (QED) is 0.243. The summed E-state index contributed by atoms with van der Waals surface area (Å²) in [6.45, 7) is -0.332. The van der Waals surface area contributed by atoms with Crippen LogP contribution in [0.15, 0.2) is 57.9 Å². The number of rotatable bonds is 3. The van der Waals surface area contributed by atoms with E-state index in [1.165, 1.54) is 10.8 Å². The van der Waals surface area contributed by atoms with Crippen molar-refractivity contribution < 1.29 is 9.21 Å². The van der Waals surface area contributed by atoms with Gasteiger partial charge in [0.15, 0.2) is 11.4 Å². The molecular weight excluding hydrogens is 298 g/mol. The number of carbonyl (C=O) groups excluding carboxylic acids is 1. The van der Waals surface area contributed by atoms with Crippen molar-refractivity contribution in [1.29, 1.82) is 5.41 Å². The number of amidine groups is 1. The number of hydrogen-bond donors (Lipinski definition) is 2. The van der Waals surface area contributed by atoms with E-state index in [9.17, 15) is 9.59 Å². The lowest BCUT2D eigenvalue weighted by atomic mass is 10.3. The molecule has 1 aromatic carbocycles. The number of hydrogen-bond acceptors (Lipinski definition) is 6. The average Bonchev–Trinajstić information content (AvgIpc) is 2.90. The summed E-state index contributed by atoms with van der Waals surface area (Å²) in [5.74, 6) is 4.14. The number of benzene rings is 1. The van der Waals surface area contributed by atoms with Gasteiger partial charge >= 0.3 is 5.76 Å². The Morgan fingerprint density at radius 3 is 2.74 bits per heavy atom. The molecule has 2 heterocycles. The standard InChI is InChI=1S/C15H13N5O3/c16-14(10-5-3-4-8-18-10)20(17)13(21)9-19-11-6-1-2-7-12(11)23-15(19)22/h1-8,16H,9,17H2. The second kappa shape index (κ2) is 5.85. The topological polar surface area (TPSA) is 118 Å². The van der Waals surface area contributed by atoms with E-state index in [4.69, 9.17) is 15.7 Å². The molecule has 23 heavy (non-hydrogen) atoms. The van der Waals surface area contributed by atoms with Crippen molar-refractivity contribution in [3.05, 3.63) is 64.9 Å². The molecule has 0 unspecified atom stereocenters. The third kappa shape index (κ3) is 2.74. The lowest BCUT2D eigenvalue weighted by Crippen LogP contribution is -2.45. The average molecular weight is 311 g/mol. The van der Waals surface area contributed by atoms with Crippen LogP contribution in [0.4, 0.5) is 0 Å². The van der Waals surface area contributed by atoms with Gasteiger partial charge in [0.05, 0.1) is 5.52 Å². The molecule has 2 aromatic heterocycles. The Morgan fingerprint density at radius 1 is 1.26 bits per heavy atom. The van der Waals surface area contributed by atoms with Gasteiger partial charge in [0, 0.05) is 6.20 Å². The number of aromatic nitrogens is 2. The van der Waals surface area contributed by atoms with E-state index in [1.54, 1.807) is 42.5 Å². The first-order valence-electron chi connectivity index (χ1n) is 6.74. The highest BCUT2D eigenvalue weighted by atomic mass is 16.4. The Labute approximate surface area is 130 Å². The van der Waals surface area contributed by atoms with Gasteiger partial charge in [-0.2, -0.15) is 0 Å². The van der Waals surface area contributed by atoms with Gasteiger partial charge in [-0.25, -0.2) is 15.6 Å². The lowest BCUT2D eigenvalue weighted by Gasteiger charge is -2.16. The largest absolute Gasteiger partial charge is 0.420 e. The summed E-state index contributed by atoms with van der Waals surface area (Å²) in [7, 11) is 0. The molecule has 0 saturated carbocycles. The smallest absolute Gasteiger partial charge is 0.408 e. The van der Waals surface area contributed by atoms with E-state index in [0.29, 0.717) is 16.1 Å². The first kappa shape index (κ1) is 14.7. The Kier molecular flexibility index (Phi) is 3.73. The summed E-state index contributed by atoms with van der Waals surface area (Å²) in [4.78, 5) is 28.1. The third-order valence-electron chi connectivity index (χ3n) is 3.28. The molecule has 3 rings (SSSR count). The maximum atomic E-state index is 12.3. The van der Waals surface area contributed by atoms with Crippen LogP contribution < -0.4 is 11.6 Å². The van der Waals surface area contributed by atoms with Crippen LogP contribution in [0.2, 0.25) is 0 Å². The van der Waals surface area contributed by atoms with Gasteiger partial charge < -0.3 is 4.42 Å². The zero-order valence-corrected chi connectivity index (χ0v) is 12.0. The number of nitrogens with zero attached hydrogens (tertiary/aromatic N) is 3. The molecule has 116 valence electrons. The minimum Gasteiger partial charge on any atom is -0.408 e.